The molecule has 2 rings (SSSR count). The standard InChI is InChI=1S/C13H17N3O3/c1-5-19-13(18)9-6-10-14-12(17)11(7(2)3)8(4)16(10)15-9/h6-7H,5H2,1-4H3,(H,14,17). The lowest BCUT2D eigenvalue weighted by Gasteiger charge is -2.09. The molecule has 0 aliphatic carbocycles. The van der Waals surface area contributed by atoms with E-state index < -0.39 is 5.97 Å². The Labute approximate surface area is 110 Å². The highest BCUT2D eigenvalue weighted by molar-refractivity contribution is 5.88. The average molecular weight is 263 g/mol. The van der Waals surface area contributed by atoms with Crippen LogP contribution in [0.5, 0.6) is 0 Å². The van der Waals surface area contributed by atoms with E-state index in [0.717, 1.165) is 5.69 Å². The first-order chi connectivity index (χ1) is 8.95. The summed E-state index contributed by atoms with van der Waals surface area (Å²) < 4.78 is 6.47. The summed E-state index contributed by atoms with van der Waals surface area (Å²) >= 11 is 0. The minimum Gasteiger partial charge on any atom is -0.461 e. The van der Waals surface area contributed by atoms with E-state index in [1.54, 1.807) is 11.4 Å². The summed E-state index contributed by atoms with van der Waals surface area (Å²) in [5.41, 5.74) is 1.96. The van der Waals surface area contributed by atoms with Crippen LogP contribution in [0.4, 0.5) is 0 Å². The lowest BCUT2D eigenvalue weighted by atomic mass is 10.0. The molecule has 2 aromatic heterocycles. The molecule has 0 amide bonds. The fourth-order valence-corrected chi connectivity index (χ4v) is 2.17. The molecule has 0 radical (unpaired) electrons. The first kappa shape index (κ1) is 13.3. The van der Waals surface area contributed by atoms with E-state index in [4.69, 9.17) is 4.74 Å². The molecule has 1 N–H and O–H groups in total. The maximum Gasteiger partial charge on any atom is 0.358 e. The topological polar surface area (TPSA) is 76.5 Å². The van der Waals surface area contributed by atoms with Gasteiger partial charge in [-0.25, -0.2) is 9.31 Å². The third kappa shape index (κ3) is 2.25. The minimum absolute atomic E-state index is 0.0865. The Bertz CT molecular complexity index is 682. The fraction of sp³-hybridized carbons (Fsp3) is 0.462. The number of H-pyrrole nitrogens is 1. The first-order valence-corrected chi connectivity index (χ1v) is 6.25. The van der Waals surface area contributed by atoms with Gasteiger partial charge in [-0.05, 0) is 19.8 Å². The molecule has 2 heterocycles. The van der Waals surface area contributed by atoms with Crippen molar-refractivity contribution in [2.75, 3.05) is 6.61 Å². The molecule has 0 aliphatic rings. The molecule has 19 heavy (non-hydrogen) atoms. The maximum atomic E-state index is 12.0. The Morgan fingerprint density at radius 2 is 2.21 bits per heavy atom. The Balaban J connectivity index is 2.64. The van der Waals surface area contributed by atoms with E-state index in [1.807, 2.05) is 20.8 Å². The van der Waals surface area contributed by atoms with Gasteiger partial charge < -0.3 is 9.72 Å². The molecule has 6 nitrogen and oxygen atoms in total. The number of rotatable bonds is 3. The quantitative estimate of drug-likeness (QED) is 0.854. The summed E-state index contributed by atoms with van der Waals surface area (Å²) in [6.07, 6.45) is 0. The van der Waals surface area contributed by atoms with Crippen molar-refractivity contribution in [3.63, 3.8) is 0 Å². The van der Waals surface area contributed by atoms with Gasteiger partial charge in [0.25, 0.3) is 5.56 Å². The fourth-order valence-electron chi connectivity index (χ4n) is 2.17. The van der Waals surface area contributed by atoms with Gasteiger partial charge in [-0.2, -0.15) is 5.10 Å². The zero-order valence-corrected chi connectivity index (χ0v) is 11.5. The Kier molecular flexibility index (Phi) is 3.42. The summed E-state index contributed by atoms with van der Waals surface area (Å²) in [5.74, 6) is -0.402. The van der Waals surface area contributed by atoms with E-state index in [1.165, 1.54) is 6.07 Å². The number of hydrogen-bond acceptors (Lipinski definition) is 4. The van der Waals surface area contributed by atoms with Gasteiger partial charge in [0, 0.05) is 11.6 Å². The third-order valence-corrected chi connectivity index (χ3v) is 2.96. The number of nitrogens with zero attached hydrogens (tertiary/aromatic N) is 2. The van der Waals surface area contributed by atoms with Crippen molar-refractivity contribution in [3.05, 3.63) is 33.4 Å². The summed E-state index contributed by atoms with van der Waals surface area (Å²) in [4.78, 5) is 26.4. The SMILES string of the molecule is CCOC(=O)c1cc2[nH]c(=O)c(C(C)C)c(C)n2n1. The smallest absolute Gasteiger partial charge is 0.358 e. The van der Waals surface area contributed by atoms with Crippen LogP contribution in [-0.4, -0.2) is 27.2 Å². The van der Waals surface area contributed by atoms with Crippen LogP contribution in [-0.2, 0) is 4.74 Å². The van der Waals surface area contributed by atoms with Crippen molar-refractivity contribution in [2.45, 2.75) is 33.6 Å². The molecule has 0 saturated heterocycles. The number of hydrogen-bond donors (Lipinski definition) is 1. The van der Waals surface area contributed by atoms with Crippen LogP contribution in [0.2, 0.25) is 0 Å². The zero-order chi connectivity index (χ0) is 14.2. The van der Waals surface area contributed by atoms with Crippen molar-refractivity contribution < 1.29 is 9.53 Å². The highest BCUT2D eigenvalue weighted by Crippen LogP contribution is 2.16. The molecule has 0 atom stereocenters. The lowest BCUT2D eigenvalue weighted by molar-refractivity contribution is 0.0519. The predicted octanol–water partition coefficient (Wildman–Crippen LogP) is 1.63. The van der Waals surface area contributed by atoms with Crippen LogP contribution >= 0.6 is 0 Å². The molecule has 0 aromatic carbocycles. The normalized spacial score (nSPS) is 11.2. The number of aryl methyl sites for hydroxylation is 1. The van der Waals surface area contributed by atoms with E-state index in [2.05, 4.69) is 10.1 Å². The van der Waals surface area contributed by atoms with Gasteiger partial charge in [-0.3, -0.25) is 4.79 Å². The summed E-state index contributed by atoms with van der Waals surface area (Å²) in [5, 5.41) is 4.19. The second kappa shape index (κ2) is 4.87. The van der Waals surface area contributed by atoms with E-state index in [0.29, 0.717) is 17.8 Å². The van der Waals surface area contributed by atoms with Crippen LogP contribution < -0.4 is 5.56 Å². The van der Waals surface area contributed by atoms with E-state index in [-0.39, 0.29) is 17.2 Å². The molecule has 2 aromatic rings. The van der Waals surface area contributed by atoms with Crippen LogP contribution in [0, 0.1) is 6.92 Å². The second-order valence-corrected chi connectivity index (χ2v) is 4.66. The molecular formula is C13H17N3O3. The summed E-state index contributed by atoms with van der Waals surface area (Å²) in [6.45, 7) is 7.73. The minimum atomic E-state index is -0.488. The number of fused-ring (bicyclic) bond motifs is 1. The van der Waals surface area contributed by atoms with Gasteiger partial charge in [-0.15, -0.1) is 0 Å². The Morgan fingerprint density at radius 1 is 1.53 bits per heavy atom. The molecule has 0 fully saturated rings. The highest BCUT2D eigenvalue weighted by atomic mass is 16.5. The largest absolute Gasteiger partial charge is 0.461 e. The van der Waals surface area contributed by atoms with Crippen molar-refractivity contribution in [2.24, 2.45) is 0 Å². The van der Waals surface area contributed by atoms with E-state index in [9.17, 15) is 9.59 Å². The number of aromatic nitrogens is 3. The van der Waals surface area contributed by atoms with E-state index >= 15 is 0 Å². The number of esters is 1. The van der Waals surface area contributed by atoms with Crippen LogP contribution in [0.15, 0.2) is 10.9 Å². The van der Waals surface area contributed by atoms with Crippen LogP contribution in [0.3, 0.4) is 0 Å². The highest BCUT2D eigenvalue weighted by Gasteiger charge is 2.17. The average Bonchev–Trinajstić information content (AvgIpc) is 2.72. The number of aromatic amines is 1. The van der Waals surface area contributed by atoms with Gasteiger partial charge in [-0.1, -0.05) is 13.8 Å². The first-order valence-electron chi connectivity index (χ1n) is 6.25. The molecule has 102 valence electrons. The number of ether oxygens (including phenoxy) is 1. The van der Waals surface area contributed by atoms with Gasteiger partial charge in [0.15, 0.2) is 5.69 Å². The lowest BCUT2D eigenvalue weighted by Crippen LogP contribution is -2.19. The monoisotopic (exact) mass is 263 g/mol. The Morgan fingerprint density at radius 3 is 2.79 bits per heavy atom. The molecule has 6 heteroatoms. The summed E-state index contributed by atoms with van der Waals surface area (Å²) in [7, 11) is 0. The van der Waals surface area contributed by atoms with Gasteiger partial charge >= 0.3 is 5.97 Å². The number of carbonyl (C=O) groups is 1. The second-order valence-electron chi connectivity index (χ2n) is 4.66. The third-order valence-electron chi connectivity index (χ3n) is 2.96. The molecule has 0 saturated carbocycles. The molecule has 0 spiro atoms. The van der Waals surface area contributed by atoms with Crippen LogP contribution in [0.25, 0.3) is 5.65 Å². The maximum absolute atomic E-state index is 12.0. The van der Waals surface area contributed by atoms with Crippen molar-refractivity contribution in [1.82, 2.24) is 14.6 Å². The van der Waals surface area contributed by atoms with Gasteiger partial charge in [0.05, 0.1) is 12.3 Å². The van der Waals surface area contributed by atoms with Gasteiger partial charge in [0.1, 0.15) is 5.65 Å². The molecule has 0 aliphatic heterocycles. The van der Waals surface area contributed by atoms with Crippen molar-refractivity contribution in [3.8, 4) is 0 Å². The van der Waals surface area contributed by atoms with Crippen LogP contribution in [0.1, 0.15) is 48.4 Å². The summed E-state index contributed by atoms with van der Waals surface area (Å²) in [6, 6.07) is 1.52. The zero-order valence-electron chi connectivity index (χ0n) is 11.5. The Hall–Kier alpha value is -2.11. The molecular weight excluding hydrogens is 246 g/mol. The molecule has 0 bridgehead atoms. The van der Waals surface area contributed by atoms with Gasteiger partial charge in [0.2, 0.25) is 0 Å². The van der Waals surface area contributed by atoms with Crippen molar-refractivity contribution >= 4 is 11.6 Å². The predicted molar refractivity (Wildman–Crippen MR) is 70.6 cm³/mol. The number of nitrogens with one attached hydrogen (secondary N) is 1. The molecule has 0 unspecified atom stereocenters. The van der Waals surface area contributed by atoms with Crippen molar-refractivity contribution in [1.29, 1.82) is 0 Å². The number of carbonyl (C=O) groups excluding carboxylic acids is 1.